The lowest BCUT2D eigenvalue weighted by molar-refractivity contribution is -0.116. The van der Waals surface area contributed by atoms with Crippen LogP contribution in [0, 0.1) is 5.92 Å². The number of nitrogens with zero attached hydrogens (tertiary/aromatic N) is 4. The maximum Gasteiger partial charge on any atom is 0.244 e. The second kappa shape index (κ2) is 9.31. The summed E-state index contributed by atoms with van der Waals surface area (Å²) in [7, 11) is 1.96. The highest BCUT2D eigenvalue weighted by molar-refractivity contribution is 7.22. The van der Waals surface area contributed by atoms with Gasteiger partial charge in [-0.1, -0.05) is 22.9 Å². The molecule has 7 nitrogen and oxygen atoms in total. The van der Waals surface area contributed by atoms with Crippen molar-refractivity contribution in [3.05, 3.63) is 41.4 Å². The molecule has 3 aromatic rings. The van der Waals surface area contributed by atoms with E-state index in [-0.39, 0.29) is 11.9 Å². The highest BCUT2D eigenvalue weighted by Gasteiger charge is 2.40. The Hall–Kier alpha value is -2.26. The van der Waals surface area contributed by atoms with Gasteiger partial charge in [-0.25, -0.2) is 9.97 Å². The van der Waals surface area contributed by atoms with Gasteiger partial charge in [-0.2, -0.15) is 0 Å². The standard InChI is InChI=1S/C23H27ClN6OS/c1-29(17-4-2-16(24)3-5-17)20-7-6-18-22(27-20)32-23(26-18)28-21(31)19-14-30(19)13-10-15-8-11-25-12-9-15/h2-7,15,19,25H,8-14H2,1H3,(H,26,28,31). The van der Waals surface area contributed by atoms with E-state index >= 15 is 0 Å². The van der Waals surface area contributed by atoms with Gasteiger partial charge in [0.05, 0.1) is 0 Å². The summed E-state index contributed by atoms with van der Waals surface area (Å²) in [5, 5.41) is 7.71. The third-order valence-electron chi connectivity index (χ3n) is 6.33. The lowest BCUT2D eigenvalue weighted by Crippen LogP contribution is -2.29. The number of pyridine rings is 1. The molecule has 1 aromatic carbocycles. The van der Waals surface area contributed by atoms with Crippen molar-refractivity contribution in [2.24, 2.45) is 5.92 Å². The van der Waals surface area contributed by atoms with Crippen LogP contribution in [0.2, 0.25) is 5.02 Å². The number of carbonyl (C=O) groups is 1. The summed E-state index contributed by atoms with van der Waals surface area (Å²) in [6, 6.07) is 11.5. The Labute approximate surface area is 196 Å². The van der Waals surface area contributed by atoms with Crippen molar-refractivity contribution in [2.45, 2.75) is 25.3 Å². The van der Waals surface area contributed by atoms with Crippen LogP contribution in [0.4, 0.5) is 16.6 Å². The smallest absolute Gasteiger partial charge is 0.244 e. The van der Waals surface area contributed by atoms with Crippen molar-refractivity contribution >= 4 is 55.8 Å². The largest absolute Gasteiger partial charge is 0.329 e. The number of benzene rings is 1. The Morgan fingerprint density at radius 2 is 2.00 bits per heavy atom. The summed E-state index contributed by atoms with van der Waals surface area (Å²) in [5.41, 5.74) is 1.79. The van der Waals surface area contributed by atoms with Crippen molar-refractivity contribution < 1.29 is 4.79 Å². The van der Waals surface area contributed by atoms with E-state index in [0.29, 0.717) is 10.2 Å². The summed E-state index contributed by atoms with van der Waals surface area (Å²) in [4.78, 5) is 27.0. The number of thiazole rings is 1. The van der Waals surface area contributed by atoms with Crippen LogP contribution in [0.3, 0.4) is 0 Å². The summed E-state index contributed by atoms with van der Waals surface area (Å²) in [5.74, 6) is 1.64. The Morgan fingerprint density at radius 1 is 1.22 bits per heavy atom. The molecule has 2 saturated heterocycles. The van der Waals surface area contributed by atoms with Crippen molar-refractivity contribution in [2.75, 3.05) is 43.4 Å². The molecule has 0 bridgehead atoms. The topological polar surface area (TPSA) is 73.2 Å². The number of fused-ring (bicyclic) bond motifs is 1. The molecule has 0 saturated carbocycles. The number of aromatic nitrogens is 2. The van der Waals surface area contributed by atoms with Gasteiger partial charge >= 0.3 is 0 Å². The van der Waals surface area contributed by atoms with Crippen LogP contribution >= 0.6 is 22.9 Å². The molecule has 5 rings (SSSR count). The van der Waals surface area contributed by atoms with Gasteiger partial charge in [0.15, 0.2) is 5.13 Å². The van der Waals surface area contributed by atoms with Crippen LogP contribution < -0.4 is 15.5 Å². The first-order chi connectivity index (χ1) is 15.6. The number of amides is 1. The first kappa shape index (κ1) is 21.6. The molecular formula is C23H27ClN6OS. The Balaban J connectivity index is 1.19. The minimum Gasteiger partial charge on any atom is -0.329 e. The second-order valence-electron chi connectivity index (χ2n) is 8.53. The third-order valence-corrected chi connectivity index (χ3v) is 7.46. The van der Waals surface area contributed by atoms with Gasteiger partial charge in [-0.15, -0.1) is 0 Å². The van der Waals surface area contributed by atoms with Gasteiger partial charge in [0.25, 0.3) is 0 Å². The van der Waals surface area contributed by atoms with Crippen LogP contribution in [0.5, 0.6) is 0 Å². The van der Waals surface area contributed by atoms with E-state index in [1.165, 1.54) is 30.6 Å². The van der Waals surface area contributed by atoms with E-state index in [4.69, 9.17) is 16.6 Å². The van der Waals surface area contributed by atoms with Crippen LogP contribution in [0.1, 0.15) is 19.3 Å². The Bertz CT molecular complexity index is 1100. The second-order valence-corrected chi connectivity index (χ2v) is 9.94. The molecule has 9 heteroatoms. The minimum absolute atomic E-state index is 0.0247. The van der Waals surface area contributed by atoms with E-state index in [0.717, 1.165) is 53.9 Å². The number of anilines is 3. The maximum absolute atomic E-state index is 12.7. The van der Waals surface area contributed by atoms with Gasteiger partial charge in [0.1, 0.15) is 22.2 Å². The zero-order valence-corrected chi connectivity index (χ0v) is 19.6. The minimum atomic E-state index is -0.0247. The first-order valence-electron chi connectivity index (χ1n) is 11.1. The number of carbonyl (C=O) groups excluding carboxylic acids is 1. The monoisotopic (exact) mass is 470 g/mol. The zero-order chi connectivity index (χ0) is 22.1. The predicted molar refractivity (Wildman–Crippen MR) is 131 cm³/mol. The van der Waals surface area contributed by atoms with Gasteiger partial charge in [0, 0.05) is 24.3 Å². The summed E-state index contributed by atoms with van der Waals surface area (Å²) >= 11 is 7.40. The first-order valence-corrected chi connectivity index (χ1v) is 12.3. The van der Waals surface area contributed by atoms with Gasteiger partial charge in [-0.05, 0) is 81.2 Å². The normalized spacial score (nSPS) is 20.9. The summed E-state index contributed by atoms with van der Waals surface area (Å²) in [6.45, 7) is 4.09. The number of rotatable bonds is 7. The average Bonchev–Trinajstić information content (AvgIpc) is 3.49. The highest BCUT2D eigenvalue weighted by atomic mass is 35.5. The molecule has 2 aliphatic rings. The van der Waals surface area contributed by atoms with Gasteiger partial charge < -0.3 is 15.5 Å². The molecule has 4 heterocycles. The maximum atomic E-state index is 12.7. The molecule has 0 radical (unpaired) electrons. The quantitative estimate of drug-likeness (QED) is 0.506. The van der Waals surface area contributed by atoms with Crippen LogP contribution in [0.15, 0.2) is 36.4 Å². The fraction of sp³-hybridized carbons (Fsp3) is 0.435. The molecule has 2 aromatic heterocycles. The fourth-order valence-corrected chi connectivity index (χ4v) is 5.19. The molecule has 2 atom stereocenters. The molecule has 0 spiro atoms. The summed E-state index contributed by atoms with van der Waals surface area (Å²) < 4.78 is 0. The fourth-order valence-electron chi connectivity index (χ4n) is 4.22. The average molecular weight is 471 g/mol. The molecule has 168 valence electrons. The van der Waals surface area contributed by atoms with Crippen molar-refractivity contribution in [3.63, 3.8) is 0 Å². The van der Waals surface area contributed by atoms with E-state index in [2.05, 4.69) is 20.5 Å². The van der Waals surface area contributed by atoms with Gasteiger partial charge in [0.2, 0.25) is 5.91 Å². The molecule has 32 heavy (non-hydrogen) atoms. The zero-order valence-electron chi connectivity index (χ0n) is 18.1. The molecule has 2 fully saturated rings. The van der Waals surface area contributed by atoms with E-state index in [1.54, 1.807) is 0 Å². The highest BCUT2D eigenvalue weighted by Crippen LogP contribution is 2.30. The lowest BCUT2D eigenvalue weighted by Gasteiger charge is -2.22. The Kier molecular flexibility index (Phi) is 6.28. The molecule has 1 amide bonds. The third kappa shape index (κ3) is 4.88. The van der Waals surface area contributed by atoms with E-state index in [9.17, 15) is 4.79 Å². The van der Waals surface area contributed by atoms with Crippen LogP contribution in [0.25, 0.3) is 10.3 Å². The van der Waals surface area contributed by atoms with E-state index < -0.39 is 0 Å². The van der Waals surface area contributed by atoms with Crippen LogP contribution in [-0.4, -0.2) is 60.0 Å². The van der Waals surface area contributed by atoms with Crippen LogP contribution in [-0.2, 0) is 4.79 Å². The van der Waals surface area contributed by atoms with Crippen molar-refractivity contribution in [1.29, 1.82) is 0 Å². The predicted octanol–water partition coefficient (Wildman–Crippen LogP) is 4.13. The molecule has 0 aliphatic carbocycles. The molecule has 2 aliphatic heterocycles. The molecular weight excluding hydrogens is 444 g/mol. The summed E-state index contributed by atoms with van der Waals surface area (Å²) in [6.07, 6.45) is 3.68. The number of piperidine rings is 1. The number of hydrogen-bond acceptors (Lipinski definition) is 7. The molecule has 2 unspecified atom stereocenters. The Morgan fingerprint density at radius 3 is 2.78 bits per heavy atom. The number of halogens is 1. The number of nitrogens with one attached hydrogen (secondary N) is 2. The lowest BCUT2D eigenvalue weighted by atomic mass is 9.95. The van der Waals surface area contributed by atoms with Gasteiger partial charge in [-0.3, -0.25) is 9.69 Å². The van der Waals surface area contributed by atoms with Crippen molar-refractivity contribution in [3.8, 4) is 0 Å². The van der Waals surface area contributed by atoms with E-state index in [1.807, 2.05) is 48.3 Å². The number of hydrogen-bond donors (Lipinski definition) is 2. The SMILES string of the molecule is CN(c1ccc(Cl)cc1)c1ccc2nc(NC(=O)C3CN3CCC3CCNCC3)sc2n1. The molecule has 2 N–H and O–H groups in total. The van der Waals surface area contributed by atoms with Crippen molar-refractivity contribution in [1.82, 2.24) is 20.2 Å².